The van der Waals surface area contributed by atoms with Crippen LogP contribution in [-0.4, -0.2) is 17.6 Å². The minimum Gasteiger partial charge on any atom is -0.481 e. The quantitative estimate of drug-likeness (QED) is 0.858. The van der Waals surface area contributed by atoms with Crippen LogP contribution in [0.2, 0.25) is 0 Å². The highest BCUT2D eigenvalue weighted by molar-refractivity contribution is 5.82. The Bertz CT molecular complexity index is 448. The van der Waals surface area contributed by atoms with E-state index in [1.165, 1.54) is 0 Å². The third-order valence-electron chi connectivity index (χ3n) is 3.72. The second-order valence-electron chi connectivity index (χ2n) is 6.47. The Kier molecular flexibility index (Phi) is 4.75. The molecule has 0 radical (unpaired) electrons. The number of benzene rings is 1. The van der Waals surface area contributed by atoms with Gasteiger partial charge < -0.3 is 10.8 Å². The van der Waals surface area contributed by atoms with Crippen molar-refractivity contribution in [2.45, 2.75) is 46.0 Å². The molecule has 1 aromatic rings. The molecular formula is C16H25NO2. The van der Waals surface area contributed by atoms with E-state index in [0.29, 0.717) is 6.42 Å². The summed E-state index contributed by atoms with van der Waals surface area (Å²) in [5.74, 6) is -0.825. The number of rotatable bonds is 5. The van der Waals surface area contributed by atoms with Crippen LogP contribution in [0.1, 0.15) is 44.7 Å². The van der Waals surface area contributed by atoms with E-state index in [1.54, 1.807) is 0 Å². The van der Waals surface area contributed by atoms with Gasteiger partial charge >= 0.3 is 5.97 Å². The first kappa shape index (κ1) is 15.7. The van der Waals surface area contributed by atoms with Gasteiger partial charge in [0, 0.05) is 6.54 Å². The third kappa shape index (κ3) is 3.57. The molecule has 0 amide bonds. The molecule has 3 nitrogen and oxygen atoms in total. The smallest absolute Gasteiger partial charge is 0.315 e. The summed E-state index contributed by atoms with van der Waals surface area (Å²) in [4.78, 5) is 11.8. The van der Waals surface area contributed by atoms with Gasteiger partial charge in [0.15, 0.2) is 0 Å². The van der Waals surface area contributed by atoms with Crippen molar-refractivity contribution in [1.82, 2.24) is 0 Å². The largest absolute Gasteiger partial charge is 0.481 e. The minimum absolute atomic E-state index is 0.0958. The van der Waals surface area contributed by atoms with E-state index in [4.69, 9.17) is 5.73 Å². The van der Waals surface area contributed by atoms with Gasteiger partial charge in [0.2, 0.25) is 0 Å². The van der Waals surface area contributed by atoms with E-state index in [0.717, 1.165) is 17.5 Å². The predicted octanol–water partition coefficient (Wildman–Crippen LogP) is 3.10. The topological polar surface area (TPSA) is 63.3 Å². The molecule has 0 saturated heterocycles. The van der Waals surface area contributed by atoms with Gasteiger partial charge in [0.25, 0.3) is 0 Å². The monoisotopic (exact) mass is 263 g/mol. The van der Waals surface area contributed by atoms with Crippen molar-refractivity contribution in [2.24, 2.45) is 11.1 Å². The lowest BCUT2D eigenvalue weighted by Crippen LogP contribution is -2.44. The summed E-state index contributed by atoms with van der Waals surface area (Å²) in [6, 6.07) is 7.64. The number of aryl methyl sites for hydroxylation is 1. The predicted molar refractivity (Wildman–Crippen MR) is 78.2 cm³/mol. The number of carbonyl (C=O) groups is 1. The standard InChI is InChI=1S/C16H25NO2/c1-12-7-5-6-8-13(12)16(11-17,14(18)19)10-9-15(2,3)4/h5-8H,9-11,17H2,1-4H3,(H,18,19). The van der Waals surface area contributed by atoms with Gasteiger partial charge in [0.05, 0.1) is 0 Å². The molecule has 19 heavy (non-hydrogen) atoms. The second-order valence-corrected chi connectivity index (χ2v) is 6.47. The van der Waals surface area contributed by atoms with Crippen LogP contribution in [0.15, 0.2) is 24.3 Å². The summed E-state index contributed by atoms with van der Waals surface area (Å²) in [5.41, 5.74) is 6.81. The van der Waals surface area contributed by atoms with E-state index in [9.17, 15) is 9.90 Å². The molecule has 0 aliphatic rings. The van der Waals surface area contributed by atoms with Gasteiger partial charge in [-0.3, -0.25) is 4.79 Å². The Labute approximate surface area is 115 Å². The number of aliphatic carboxylic acids is 1. The van der Waals surface area contributed by atoms with Crippen molar-refractivity contribution < 1.29 is 9.90 Å². The van der Waals surface area contributed by atoms with Gasteiger partial charge in [-0.05, 0) is 36.3 Å². The van der Waals surface area contributed by atoms with Gasteiger partial charge in [0.1, 0.15) is 5.41 Å². The van der Waals surface area contributed by atoms with Gasteiger partial charge in [-0.1, -0.05) is 45.0 Å². The van der Waals surface area contributed by atoms with Crippen molar-refractivity contribution in [3.63, 3.8) is 0 Å². The first-order valence-corrected chi connectivity index (χ1v) is 6.72. The van der Waals surface area contributed by atoms with Crippen molar-refractivity contribution in [3.05, 3.63) is 35.4 Å². The van der Waals surface area contributed by atoms with Crippen LogP contribution in [0.5, 0.6) is 0 Å². The lowest BCUT2D eigenvalue weighted by atomic mass is 9.72. The summed E-state index contributed by atoms with van der Waals surface area (Å²) in [6.07, 6.45) is 1.39. The van der Waals surface area contributed by atoms with Gasteiger partial charge in [-0.2, -0.15) is 0 Å². The SMILES string of the molecule is Cc1ccccc1C(CN)(CCC(C)(C)C)C(=O)O. The molecule has 3 heteroatoms. The van der Waals surface area contributed by atoms with E-state index in [2.05, 4.69) is 20.8 Å². The van der Waals surface area contributed by atoms with Crippen LogP contribution >= 0.6 is 0 Å². The minimum atomic E-state index is -0.974. The molecule has 0 saturated carbocycles. The highest BCUT2D eigenvalue weighted by Crippen LogP contribution is 2.35. The molecule has 3 N–H and O–H groups in total. The molecule has 0 spiro atoms. The van der Waals surface area contributed by atoms with Gasteiger partial charge in [-0.15, -0.1) is 0 Å². The Morgan fingerprint density at radius 3 is 2.21 bits per heavy atom. The first-order chi connectivity index (χ1) is 8.73. The summed E-state index contributed by atoms with van der Waals surface area (Å²) >= 11 is 0. The lowest BCUT2D eigenvalue weighted by molar-refractivity contribution is -0.144. The fraction of sp³-hybridized carbons (Fsp3) is 0.562. The maximum atomic E-state index is 11.8. The summed E-state index contributed by atoms with van der Waals surface area (Å²) < 4.78 is 0. The highest BCUT2D eigenvalue weighted by atomic mass is 16.4. The Morgan fingerprint density at radius 1 is 1.21 bits per heavy atom. The van der Waals surface area contributed by atoms with Crippen molar-refractivity contribution in [2.75, 3.05) is 6.54 Å². The van der Waals surface area contributed by atoms with Crippen molar-refractivity contribution in [1.29, 1.82) is 0 Å². The molecule has 0 bridgehead atoms. The zero-order chi connectivity index (χ0) is 14.7. The number of carboxylic acids is 1. The molecule has 106 valence electrons. The zero-order valence-corrected chi connectivity index (χ0v) is 12.4. The van der Waals surface area contributed by atoms with E-state index in [1.807, 2.05) is 31.2 Å². The van der Waals surface area contributed by atoms with Gasteiger partial charge in [-0.25, -0.2) is 0 Å². The van der Waals surface area contributed by atoms with E-state index < -0.39 is 11.4 Å². The molecule has 1 unspecified atom stereocenters. The fourth-order valence-electron chi connectivity index (χ4n) is 2.35. The highest BCUT2D eigenvalue weighted by Gasteiger charge is 2.40. The molecule has 1 aromatic carbocycles. The number of hydrogen-bond donors (Lipinski definition) is 2. The molecule has 0 aliphatic carbocycles. The summed E-state index contributed by atoms with van der Waals surface area (Å²) in [5, 5.41) is 9.72. The number of carboxylic acid groups (broad SMARTS) is 1. The van der Waals surface area contributed by atoms with Crippen LogP contribution in [0.25, 0.3) is 0 Å². The summed E-state index contributed by atoms with van der Waals surface area (Å²) in [7, 11) is 0. The molecule has 1 rings (SSSR count). The molecule has 0 fully saturated rings. The Hall–Kier alpha value is -1.35. The fourth-order valence-corrected chi connectivity index (χ4v) is 2.35. The molecule has 1 atom stereocenters. The van der Waals surface area contributed by atoms with Crippen LogP contribution in [0.3, 0.4) is 0 Å². The van der Waals surface area contributed by atoms with Crippen LogP contribution < -0.4 is 5.73 Å². The van der Waals surface area contributed by atoms with Crippen LogP contribution in [0, 0.1) is 12.3 Å². The van der Waals surface area contributed by atoms with Crippen molar-refractivity contribution in [3.8, 4) is 0 Å². The number of nitrogens with two attached hydrogens (primary N) is 1. The van der Waals surface area contributed by atoms with E-state index in [-0.39, 0.29) is 12.0 Å². The third-order valence-corrected chi connectivity index (χ3v) is 3.72. The van der Waals surface area contributed by atoms with Crippen LogP contribution in [0.4, 0.5) is 0 Å². The normalized spacial score (nSPS) is 15.0. The van der Waals surface area contributed by atoms with E-state index >= 15 is 0 Å². The summed E-state index contributed by atoms with van der Waals surface area (Å²) in [6.45, 7) is 8.43. The lowest BCUT2D eigenvalue weighted by Gasteiger charge is -2.32. The van der Waals surface area contributed by atoms with Crippen molar-refractivity contribution >= 4 is 5.97 Å². The first-order valence-electron chi connectivity index (χ1n) is 6.72. The average molecular weight is 263 g/mol. The maximum absolute atomic E-state index is 11.8. The number of hydrogen-bond acceptors (Lipinski definition) is 2. The Balaban J connectivity index is 3.20. The van der Waals surface area contributed by atoms with Crippen LogP contribution in [-0.2, 0) is 10.2 Å². The zero-order valence-electron chi connectivity index (χ0n) is 12.4. The second kappa shape index (κ2) is 5.74. The molecular weight excluding hydrogens is 238 g/mol. The maximum Gasteiger partial charge on any atom is 0.315 e. The molecule has 0 heterocycles. The average Bonchev–Trinajstić information content (AvgIpc) is 2.30. The Morgan fingerprint density at radius 2 is 1.79 bits per heavy atom. The molecule has 0 aromatic heterocycles. The molecule has 0 aliphatic heterocycles.